The zero-order valence-electron chi connectivity index (χ0n) is 27.9. The Hall–Kier alpha value is -4.15. The summed E-state index contributed by atoms with van der Waals surface area (Å²) in [7, 11) is 2.21. The van der Waals surface area contributed by atoms with Crippen molar-refractivity contribution < 1.29 is 48.8 Å². The minimum Gasteiger partial charge on any atom is -0.507 e. The minimum absolute atomic E-state index is 0.0332. The molecule has 2 aromatic carbocycles. The molecular formula is C33H44N4O10S2. The Morgan fingerprint density at radius 1 is 1.06 bits per heavy atom. The van der Waals surface area contributed by atoms with Gasteiger partial charge >= 0.3 is 11.9 Å². The summed E-state index contributed by atoms with van der Waals surface area (Å²) in [6, 6.07) is 4.80. The number of phenolic OH excluding ortho intramolecular Hbond substituents is 1. The maximum Gasteiger partial charge on any atom is 0.322 e. The van der Waals surface area contributed by atoms with Crippen LogP contribution in [0.1, 0.15) is 54.0 Å². The molecule has 268 valence electrons. The van der Waals surface area contributed by atoms with Crippen molar-refractivity contribution in [2.24, 2.45) is 11.5 Å². The number of carboxylic acid groups (broad SMARTS) is 2. The van der Waals surface area contributed by atoms with Crippen LogP contribution in [0.3, 0.4) is 0 Å². The number of ether oxygens (including phenoxy) is 2. The number of aliphatic carboxylic acids is 2. The van der Waals surface area contributed by atoms with E-state index in [1.807, 2.05) is 39.8 Å². The van der Waals surface area contributed by atoms with Crippen LogP contribution in [0.15, 0.2) is 24.3 Å². The normalized spacial score (nSPS) is 17.1. The second-order valence-electron chi connectivity index (χ2n) is 12.2. The molecule has 49 heavy (non-hydrogen) atoms. The maximum atomic E-state index is 12.6. The summed E-state index contributed by atoms with van der Waals surface area (Å²) in [4.78, 5) is 59.1. The van der Waals surface area contributed by atoms with Crippen molar-refractivity contribution in [1.29, 1.82) is 0 Å². The lowest BCUT2D eigenvalue weighted by molar-refractivity contribution is -0.139. The first kappa shape index (κ1) is 39.3. The minimum atomic E-state index is -1.28. The fraction of sp³-hybridized carbons (Fsp3) is 0.485. The number of benzene rings is 2. The molecule has 0 aliphatic carbocycles. The summed E-state index contributed by atoms with van der Waals surface area (Å²) in [6.45, 7) is 7.34. The van der Waals surface area contributed by atoms with Gasteiger partial charge in [0.1, 0.15) is 48.1 Å². The van der Waals surface area contributed by atoms with Gasteiger partial charge in [-0.25, -0.2) is 0 Å². The van der Waals surface area contributed by atoms with Gasteiger partial charge in [0.05, 0.1) is 5.25 Å². The van der Waals surface area contributed by atoms with Gasteiger partial charge in [-0.1, -0.05) is 33.7 Å². The van der Waals surface area contributed by atoms with E-state index in [0.29, 0.717) is 24.5 Å². The van der Waals surface area contributed by atoms with Crippen LogP contribution in [0.2, 0.25) is 0 Å². The Balaban J connectivity index is 1.56. The number of carbonyl (C=O) groups excluding carboxylic acids is 3. The molecule has 0 bridgehead atoms. The molecule has 0 spiro atoms. The van der Waals surface area contributed by atoms with E-state index < -0.39 is 59.1 Å². The molecular weight excluding hydrogens is 677 g/mol. The molecule has 14 nitrogen and oxygen atoms in total. The van der Waals surface area contributed by atoms with Crippen molar-refractivity contribution in [2.45, 2.75) is 82.7 Å². The monoisotopic (exact) mass is 720 g/mol. The molecule has 2 aromatic rings. The summed E-state index contributed by atoms with van der Waals surface area (Å²) in [6.07, 6.45) is 1.31. The van der Waals surface area contributed by atoms with Gasteiger partial charge in [0.25, 0.3) is 0 Å². The van der Waals surface area contributed by atoms with Crippen LogP contribution >= 0.6 is 21.6 Å². The summed E-state index contributed by atoms with van der Waals surface area (Å²) < 4.78 is 12.5. The standard InChI is InChI=1S/C33H44N4O10S2/c1-17-18(2)29-22(19(3)28(17)41)11-12-33(4,47-29)16-46-21-7-5-20(6-8-21)13-25(30(35)42)49-48-15-24(31(43)36-14-27(39)40)37-26(38)10-9-23(34)32(44)45/h5-8,23-25,41H,9-16,34H2,1-4H3,(H2,35,42)(H,36,43)(H,37,38)(H,39,40)(H,44,45)/t23-,24-,25?,33?/m0/s1. The van der Waals surface area contributed by atoms with Crippen molar-refractivity contribution in [3.8, 4) is 17.2 Å². The predicted molar refractivity (Wildman–Crippen MR) is 186 cm³/mol. The Bertz CT molecular complexity index is 1560. The molecule has 0 saturated carbocycles. The highest BCUT2D eigenvalue weighted by molar-refractivity contribution is 8.77. The number of carboxylic acids is 2. The van der Waals surface area contributed by atoms with Crippen LogP contribution < -0.4 is 31.6 Å². The van der Waals surface area contributed by atoms with Gasteiger partial charge < -0.3 is 46.9 Å². The zero-order chi connectivity index (χ0) is 36.5. The van der Waals surface area contributed by atoms with Gasteiger partial charge in [0.2, 0.25) is 17.7 Å². The van der Waals surface area contributed by atoms with Gasteiger partial charge in [0, 0.05) is 17.7 Å². The molecule has 16 heteroatoms. The number of hydrogen-bond donors (Lipinski definition) is 7. The van der Waals surface area contributed by atoms with E-state index in [4.69, 9.17) is 31.2 Å². The van der Waals surface area contributed by atoms with E-state index in [9.17, 15) is 29.1 Å². The highest BCUT2D eigenvalue weighted by atomic mass is 33.1. The maximum absolute atomic E-state index is 12.6. The van der Waals surface area contributed by atoms with Gasteiger partial charge in [0.15, 0.2) is 0 Å². The second-order valence-corrected chi connectivity index (χ2v) is 14.8. The van der Waals surface area contributed by atoms with Crippen LogP contribution in [-0.4, -0.2) is 86.8 Å². The van der Waals surface area contributed by atoms with Crippen molar-refractivity contribution in [2.75, 3.05) is 18.9 Å². The topological polar surface area (TPSA) is 241 Å². The molecule has 0 aromatic heterocycles. The number of amides is 3. The van der Waals surface area contributed by atoms with Gasteiger partial charge in [-0.2, -0.15) is 0 Å². The van der Waals surface area contributed by atoms with E-state index in [1.54, 1.807) is 12.1 Å². The lowest BCUT2D eigenvalue weighted by Gasteiger charge is -2.37. The van der Waals surface area contributed by atoms with Gasteiger partial charge in [-0.15, -0.1) is 0 Å². The number of hydrogen-bond acceptors (Lipinski definition) is 11. The zero-order valence-corrected chi connectivity index (χ0v) is 29.5. The number of nitrogens with two attached hydrogens (primary N) is 2. The number of carbonyl (C=O) groups is 5. The van der Waals surface area contributed by atoms with Crippen LogP contribution in [0, 0.1) is 20.8 Å². The molecule has 9 N–H and O–H groups in total. The number of aromatic hydroxyl groups is 1. The number of fused-ring (bicyclic) bond motifs is 1. The smallest absolute Gasteiger partial charge is 0.322 e. The van der Waals surface area contributed by atoms with E-state index in [2.05, 4.69) is 10.6 Å². The Morgan fingerprint density at radius 2 is 1.73 bits per heavy atom. The predicted octanol–water partition coefficient (Wildman–Crippen LogP) is 2.14. The molecule has 0 radical (unpaired) electrons. The highest BCUT2D eigenvalue weighted by Crippen LogP contribution is 2.43. The van der Waals surface area contributed by atoms with Crippen molar-refractivity contribution in [3.05, 3.63) is 52.1 Å². The van der Waals surface area contributed by atoms with Crippen LogP contribution in [0.5, 0.6) is 17.2 Å². The van der Waals surface area contributed by atoms with Gasteiger partial charge in [-0.3, -0.25) is 24.0 Å². The highest BCUT2D eigenvalue weighted by Gasteiger charge is 2.35. The molecule has 0 fully saturated rings. The van der Waals surface area contributed by atoms with Crippen molar-refractivity contribution >= 4 is 51.2 Å². The first-order valence-corrected chi connectivity index (χ1v) is 18.0. The largest absolute Gasteiger partial charge is 0.507 e. The van der Waals surface area contributed by atoms with Crippen LogP contribution in [-0.2, 0) is 36.8 Å². The van der Waals surface area contributed by atoms with E-state index in [1.165, 1.54) is 0 Å². The van der Waals surface area contributed by atoms with Crippen molar-refractivity contribution in [1.82, 2.24) is 10.6 Å². The molecule has 3 rings (SSSR count). The average molecular weight is 721 g/mol. The second kappa shape index (κ2) is 17.5. The lowest BCUT2D eigenvalue weighted by atomic mass is 9.87. The van der Waals surface area contributed by atoms with Crippen LogP contribution in [0.4, 0.5) is 0 Å². The van der Waals surface area contributed by atoms with Crippen molar-refractivity contribution in [3.63, 3.8) is 0 Å². The molecule has 0 saturated heterocycles. The number of nitrogens with one attached hydrogen (secondary N) is 2. The number of primary amides is 1. The molecule has 1 heterocycles. The molecule has 1 aliphatic rings. The number of phenols is 1. The molecule has 2 unspecified atom stereocenters. The molecule has 4 atom stereocenters. The Kier molecular flexibility index (Phi) is 14.0. The van der Waals surface area contributed by atoms with E-state index in [0.717, 1.165) is 61.6 Å². The SMILES string of the molecule is Cc1c(C)c2c(c(C)c1O)CCC(C)(COc1ccc(CC(SSC[C@H](NC(=O)CC[C@H](N)C(=O)O)C(=O)NCC(=O)O)C(N)=O)cc1)O2. The quantitative estimate of drug-likeness (QED) is 0.109. The molecule has 3 amide bonds. The average Bonchev–Trinajstić information content (AvgIpc) is 3.06. The Morgan fingerprint density at radius 3 is 2.35 bits per heavy atom. The van der Waals surface area contributed by atoms with Crippen LogP contribution in [0.25, 0.3) is 0 Å². The fourth-order valence-electron chi connectivity index (χ4n) is 5.09. The summed E-state index contributed by atoms with van der Waals surface area (Å²) in [5, 5.41) is 32.3. The number of rotatable bonds is 18. The summed E-state index contributed by atoms with van der Waals surface area (Å²) in [5.74, 6) is -2.85. The first-order valence-electron chi connectivity index (χ1n) is 15.6. The third kappa shape index (κ3) is 11.2. The first-order chi connectivity index (χ1) is 23.0. The fourth-order valence-corrected chi connectivity index (χ4v) is 7.68. The summed E-state index contributed by atoms with van der Waals surface area (Å²) in [5.41, 5.74) is 14.9. The molecule has 1 aliphatic heterocycles. The lowest BCUT2D eigenvalue weighted by Crippen LogP contribution is -2.49. The third-order valence-electron chi connectivity index (χ3n) is 8.28. The van der Waals surface area contributed by atoms with Gasteiger partial charge in [-0.05, 0) is 87.8 Å². The summed E-state index contributed by atoms with van der Waals surface area (Å²) >= 11 is 0. The Labute approximate surface area is 292 Å². The third-order valence-corrected chi connectivity index (χ3v) is 11.0. The van der Waals surface area contributed by atoms with E-state index in [-0.39, 0.29) is 25.0 Å². The van der Waals surface area contributed by atoms with E-state index >= 15 is 0 Å².